The first-order valence-corrected chi connectivity index (χ1v) is 17.7. The van der Waals surface area contributed by atoms with E-state index < -0.39 is 0 Å². The van der Waals surface area contributed by atoms with E-state index in [1.54, 1.807) is 0 Å². The molecule has 3 aromatic heterocycles. The summed E-state index contributed by atoms with van der Waals surface area (Å²) in [4.78, 5) is 20.4. The lowest BCUT2D eigenvalue weighted by molar-refractivity contribution is 0.669. The molecule has 3 heterocycles. The smallest absolute Gasteiger partial charge is 0.165 e. The number of furan rings is 1. The van der Waals surface area contributed by atoms with E-state index in [-0.39, 0.29) is 0 Å². The largest absolute Gasteiger partial charge is 0.456 e. The summed E-state index contributed by atoms with van der Waals surface area (Å²) in [6, 6.07) is 56.8. The second-order valence-electron chi connectivity index (χ2n) is 13.4. The van der Waals surface area contributed by atoms with Crippen molar-refractivity contribution in [2.24, 2.45) is 0 Å². The summed E-state index contributed by atoms with van der Waals surface area (Å²) in [5.74, 6) is 1.76. The zero-order valence-corrected chi connectivity index (χ0v) is 28.4. The van der Waals surface area contributed by atoms with Gasteiger partial charge in [0.1, 0.15) is 11.2 Å². The maximum absolute atomic E-state index is 6.31. The van der Waals surface area contributed by atoms with Crippen molar-refractivity contribution < 1.29 is 4.42 Å². The molecule has 246 valence electrons. The minimum Gasteiger partial charge on any atom is -0.456 e. The van der Waals surface area contributed by atoms with Gasteiger partial charge in [0.05, 0.1) is 5.52 Å². The Balaban J connectivity index is 1.17. The lowest BCUT2D eigenvalue weighted by atomic mass is 9.92. The number of pyridine rings is 1. The zero-order chi connectivity index (χ0) is 34.9. The Labute approximate surface area is 303 Å². The lowest BCUT2D eigenvalue weighted by Crippen LogP contribution is -2.01. The first kappa shape index (κ1) is 29.5. The molecule has 0 aliphatic rings. The topological polar surface area (TPSA) is 64.7 Å². The van der Waals surface area contributed by atoms with Crippen LogP contribution in [0, 0.1) is 0 Å². The highest BCUT2D eigenvalue weighted by atomic mass is 16.3. The molecule has 0 spiro atoms. The van der Waals surface area contributed by atoms with Gasteiger partial charge in [0.15, 0.2) is 17.5 Å². The number of para-hydroxylation sites is 1. The molecule has 5 nitrogen and oxygen atoms in total. The van der Waals surface area contributed by atoms with Crippen LogP contribution in [0.15, 0.2) is 174 Å². The third-order valence-electron chi connectivity index (χ3n) is 10.3. The number of benzene rings is 8. The summed E-state index contributed by atoms with van der Waals surface area (Å²) in [6.07, 6.45) is 1.88. The van der Waals surface area contributed by atoms with Crippen LogP contribution in [0.2, 0.25) is 0 Å². The molecule has 8 aromatic carbocycles. The van der Waals surface area contributed by atoms with Crippen molar-refractivity contribution in [2.75, 3.05) is 0 Å². The average molecular weight is 677 g/mol. The van der Waals surface area contributed by atoms with E-state index in [1.165, 1.54) is 21.5 Å². The van der Waals surface area contributed by atoms with E-state index in [0.29, 0.717) is 17.5 Å². The van der Waals surface area contributed by atoms with Crippen molar-refractivity contribution in [3.8, 4) is 45.3 Å². The van der Waals surface area contributed by atoms with E-state index in [4.69, 9.17) is 24.4 Å². The minimum atomic E-state index is 0.568. The zero-order valence-electron chi connectivity index (χ0n) is 28.4. The first-order chi connectivity index (χ1) is 26.2. The van der Waals surface area contributed by atoms with Crippen LogP contribution < -0.4 is 0 Å². The Hall–Kier alpha value is -7.24. The molecule has 11 aromatic rings. The molecule has 0 aliphatic heterocycles. The lowest BCUT2D eigenvalue weighted by Gasteiger charge is -2.13. The number of aromatic nitrogens is 4. The fourth-order valence-corrected chi connectivity index (χ4v) is 7.84. The molecule has 53 heavy (non-hydrogen) atoms. The Morgan fingerprint density at radius 2 is 1.02 bits per heavy atom. The van der Waals surface area contributed by atoms with Crippen molar-refractivity contribution in [2.45, 2.75) is 0 Å². The van der Waals surface area contributed by atoms with Crippen LogP contribution in [-0.2, 0) is 0 Å². The predicted octanol–water partition coefficient (Wildman–Crippen LogP) is 12.4. The molecule has 0 radical (unpaired) electrons. The molecule has 0 aliphatic carbocycles. The second-order valence-corrected chi connectivity index (χ2v) is 13.4. The van der Waals surface area contributed by atoms with Crippen LogP contribution >= 0.6 is 0 Å². The summed E-state index contributed by atoms with van der Waals surface area (Å²) in [6.45, 7) is 0. The van der Waals surface area contributed by atoms with Gasteiger partial charge in [-0.2, -0.15) is 0 Å². The van der Waals surface area contributed by atoms with E-state index >= 15 is 0 Å². The Bertz CT molecular complexity index is 3230. The number of nitrogens with zero attached hydrogens (tertiary/aromatic N) is 4. The molecule has 0 fully saturated rings. The highest BCUT2D eigenvalue weighted by molar-refractivity contribution is 6.20. The number of fused-ring (bicyclic) bond motifs is 9. The molecule has 0 bridgehead atoms. The van der Waals surface area contributed by atoms with E-state index in [1.807, 2.05) is 54.7 Å². The van der Waals surface area contributed by atoms with Crippen LogP contribution in [0.1, 0.15) is 0 Å². The van der Waals surface area contributed by atoms with Crippen molar-refractivity contribution in [1.29, 1.82) is 0 Å². The third-order valence-corrected chi connectivity index (χ3v) is 10.3. The molecule has 0 atom stereocenters. The van der Waals surface area contributed by atoms with E-state index in [2.05, 4.69) is 115 Å². The van der Waals surface area contributed by atoms with Gasteiger partial charge in [-0.25, -0.2) is 15.0 Å². The molecule has 11 rings (SSSR count). The predicted molar refractivity (Wildman–Crippen MR) is 217 cm³/mol. The van der Waals surface area contributed by atoms with Crippen molar-refractivity contribution in [1.82, 2.24) is 19.9 Å². The minimum absolute atomic E-state index is 0.568. The van der Waals surface area contributed by atoms with Gasteiger partial charge in [-0.1, -0.05) is 127 Å². The van der Waals surface area contributed by atoms with Gasteiger partial charge >= 0.3 is 0 Å². The third kappa shape index (κ3) is 4.79. The summed E-state index contributed by atoms with van der Waals surface area (Å²) in [7, 11) is 0. The van der Waals surface area contributed by atoms with Crippen LogP contribution in [0.5, 0.6) is 0 Å². The summed E-state index contributed by atoms with van der Waals surface area (Å²) in [5, 5.41) is 10.2. The molecule has 5 heteroatoms. The second kappa shape index (κ2) is 11.7. The highest BCUT2D eigenvalue weighted by Crippen LogP contribution is 2.41. The van der Waals surface area contributed by atoms with Crippen LogP contribution in [-0.4, -0.2) is 19.9 Å². The first-order valence-electron chi connectivity index (χ1n) is 17.7. The van der Waals surface area contributed by atoms with E-state index in [0.717, 1.165) is 71.4 Å². The van der Waals surface area contributed by atoms with Gasteiger partial charge in [-0.15, -0.1) is 0 Å². The summed E-state index contributed by atoms with van der Waals surface area (Å²) >= 11 is 0. The van der Waals surface area contributed by atoms with Crippen LogP contribution in [0.4, 0.5) is 0 Å². The summed E-state index contributed by atoms with van der Waals surface area (Å²) < 4.78 is 6.31. The Morgan fingerprint density at radius 3 is 1.89 bits per heavy atom. The standard InChI is InChI=1S/C48H28N4O/c1-2-12-31(13-3-1)46-50-47(52-48(51-46)34-27-40-41(49-28-34)24-23-30-22-21-29-11-4-7-16-36(29)44(30)40)33-25-32-14-5-6-15-35(32)39(26-33)37-18-10-20-43-45(37)38-17-8-9-19-42(38)53-43/h1-28H. The highest BCUT2D eigenvalue weighted by Gasteiger charge is 2.19. The molecule has 0 amide bonds. The molecule has 0 N–H and O–H groups in total. The van der Waals surface area contributed by atoms with Crippen LogP contribution in [0.3, 0.4) is 0 Å². The van der Waals surface area contributed by atoms with E-state index in [9.17, 15) is 0 Å². The molecule has 0 saturated heterocycles. The molecule has 0 unspecified atom stereocenters. The monoisotopic (exact) mass is 676 g/mol. The summed E-state index contributed by atoms with van der Waals surface area (Å²) in [5.41, 5.74) is 7.48. The average Bonchev–Trinajstić information content (AvgIpc) is 3.62. The normalized spacial score (nSPS) is 11.8. The quantitative estimate of drug-likeness (QED) is 0.174. The van der Waals surface area contributed by atoms with Gasteiger partial charge in [0, 0.05) is 39.0 Å². The number of hydrogen-bond acceptors (Lipinski definition) is 5. The molecular weight excluding hydrogens is 649 g/mol. The van der Waals surface area contributed by atoms with Gasteiger partial charge in [-0.05, 0) is 79.8 Å². The van der Waals surface area contributed by atoms with Crippen molar-refractivity contribution >= 4 is 65.2 Å². The maximum atomic E-state index is 6.31. The van der Waals surface area contributed by atoms with Crippen molar-refractivity contribution in [3.05, 3.63) is 170 Å². The maximum Gasteiger partial charge on any atom is 0.165 e. The van der Waals surface area contributed by atoms with Crippen molar-refractivity contribution in [3.63, 3.8) is 0 Å². The Morgan fingerprint density at radius 1 is 0.358 bits per heavy atom. The molecule has 0 saturated carbocycles. The van der Waals surface area contributed by atoms with Gasteiger partial charge in [-0.3, -0.25) is 4.98 Å². The fraction of sp³-hybridized carbons (Fsp3) is 0. The molecular formula is C48H28N4O. The van der Waals surface area contributed by atoms with Gasteiger partial charge in [0.2, 0.25) is 0 Å². The van der Waals surface area contributed by atoms with Gasteiger partial charge in [0.25, 0.3) is 0 Å². The Kier molecular flexibility index (Phi) is 6.48. The number of hydrogen-bond donors (Lipinski definition) is 0. The SMILES string of the molecule is c1ccc(-c2nc(-c3cc(-c4cccc5oc6ccccc6c45)c4ccccc4c3)nc(-c3cnc4ccc5ccc6ccccc6c5c4c3)n2)cc1. The number of rotatable bonds is 4. The fourth-order valence-electron chi connectivity index (χ4n) is 7.84. The van der Waals surface area contributed by atoms with Crippen LogP contribution in [0.25, 0.3) is 110 Å². The van der Waals surface area contributed by atoms with Gasteiger partial charge < -0.3 is 4.42 Å².